The largest absolute Gasteiger partial charge is 0.439 e. The van der Waals surface area contributed by atoms with Crippen molar-refractivity contribution in [2.24, 2.45) is 17.4 Å². The Hall–Kier alpha value is -3.46. The maximum Gasteiger partial charge on any atom is 0.248 e. The molecule has 1 aromatic heterocycles. The predicted octanol–water partition coefficient (Wildman–Crippen LogP) is 1.01. The lowest BCUT2D eigenvalue weighted by atomic mass is 10.1. The highest BCUT2D eigenvalue weighted by Gasteiger charge is 2.17. The fraction of sp³-hybridized carbons (Fsp3) is 0.263. The van der Waals surface area contributed by atoms with E-state index in [-0.39, 0.29) is 24.2 Å². The molecule has 3 amide bonds. The number of primary amides is 1. The van der Waals surface area contributed by atoms with E-state index in [0.717, 1.165) is 0 Å². The van der Waals surface area contributed by atoms with Gasteiger partial charge < -0.3 is 26.8 Å². The molecule has 9 nitrogen and oxygen atoms in total. The van der Waals surface area contributed by atoms with Crippen LogP contribution in [0.1, 0.15) is 24.2 Å². The number of ether oxygens (including phenoxy) is 1. The van der Waals surface area contributed by atoms with Gasteiger partial charge in [-0.2, -0.15) is 0 Å². The normalized spacial score (nSPS) is 11.6. The molecule has 1 atom stereocenters. The van der Waals surface area contributed by atoms with Gasteiger partial charge in [-0.05, 0) is 30.2 Å². The molecule has 0 bridgehead atoms. The Morgan fingerprint density at radius 3 is 2.54 bits per heavy atom. The molecule has 1 aromatic carbocycles. The van der Waals surface area contributed by atoms with Crippen molar-refractivity contribution in [2.45, 2.75) is 19.9 Å². The van der Waals surface area contributed by atoms with Gasteiger partial charge in [-0.3, -0.25) is 14.4 Å². The first-order chi connectivity index (χ1) is 13.3. The van der Waals surface area contributed by atoms with Crippen LogP contribution >= 0.6 is 0 Å². The number of benzene rings is 1. The summed E-state index contributed by atoms with van der Waals surface area (Å²) in [4.78, 5) is 39.0. The van der Waals surface area contributed by atoms with Gasteiger partial charge in [0.2, 0.25) is 23.6 Å². The van der Waals surface area contributed by atoms with Crippen molar-refractivity contribution in [3.05, 3.63) is 48.2 Å². The van der Waals surface area contributed by atoms with E-state index in [9.17, 15) is 14.4 Å². The number of amides is 3. The number of aromatic nitrogens is 1. The van der Waals surface area contributed by atoms with Crippen LogP contribution in [0.3, 0.4) is 0 Å². The van der Waals surface area contributed by atoms with Crippen molar-refractivity contribution in [3.8, 4) is 11.6 Å². The van der Waals surface area contributed by atoms with Gasteiger partial charge in [-0.15, -0.1) is 0 Å². The minimum Gasteiger partial charge on any atom is -0.439 e. The lowest BCUT2D eigenvalue weighted by molar-refractivity contribution is -0.125. The van der Waals surface area contributed by atoms with E-state index in [1.54, 1.807) is 30.3 Å². The van der Waals surface area contributed by atoms with E-state index in [2.05, 4.69) is 15.6 Å². The first-order valence-corrected chi connectivity index (χ1v) is 8.63. The number of nitrogens with zero attached hydrogens (tertiary/aromatic N) is 1. The van der Waals surface area contributed by atoms with Gasteiger partial charge in [0, 0.05) is 11.6 Å². The Morgan fingerprint density at radius 1 is 1.18 bits per heavy atom. The average Bonchev–Trinajstić information content (AvgIpc) is 2.67. The van der Waals surface area contributed by atoms with Crippen LogP contribution in [0, 0.1) is 5.92 Å². The molecule has 6 N–H and O–H groups in total. The molecule has 0 aliphatic rings. The van der Waals surface area contributed by atoms with Crippen molar-refractivity contribution < 1.29 is 19.1 Å². The van der Waals surface area contributed by atoms with E-state index >= 15 is 0 Å². The van der Waals surface area contributed by atoms with Crippen molar-refractivity contribution in [1.29, 1.82) is 0 Å². The molecule has 2 rings (SSSR count). The second-order valence-corrected chi connectivity index (χ2v) is 6.42. The molecule has 148 valence electrons. The predicted molar refractivity (Wildman–Crippen MR) is 104 cm³/mol. The fourth-order valence-corrected chi connectivity index (χ4v) is 2.14. The molecule has 0 saturated carbocycles. The molecule has 2 aromatic rings. The summed E-state index contributed by atoms with van der Waals surface area (Å²) in [6.07, 6.45) is 1.41. The summed E-state index contributed by atoms with van der Waals surface area (Å²) in [5.41, 5.74) is 11.7. The Bertz CT molecular complexity index is 852. The summed E-state index contributed by atoms with van der Waals surface area (Å²) >= 11 is 0. The number of hydrogen-bond donors (Lipinski definition) is 4. The Labute approximate surface area is 162 Å². The van der Waals surface area contributed by atoms with Crippen LogP contribution < -0.4 is 26.8 Å². The zero-order valence-corrected chi connectivity index (χ0v) is 15.6. The molecule has 0 saturated heterocycles. The van der Waals surface area contributed by atoms with E-state index in [0.29, 0.717) is 17.0 Å². The van der Waals surface area contributed by atoms with Crippen molar-refractivity contribution >= 4 is 23.4 Å². The monoisotopic (exact) mass is 385 g/mol. The fourth-order valence-electron chi connectivity index (χ4n) is 2.14. The van der Waals surface area contributed by atoms with Crippen LogP contribution in [0.4, 0.5) is 5.69 Å². The minimum atomic E-state index is -0.668. The Morgan fingerprint density at radius 2 is 1.93 bits per heavy atom. The van der Waals surface area contributed by atoms with E-state index in [1.807, 2.05) is 13.8 Å². The average molecular weight is 385 g/mol. The lowest BCUT2D eigenvalue weighted by Gasteiger charge is -2.15. The number of carbonyl (C=O) groups excluding carboxylic acids is 3. The van der Waals surface area contributed by atoms with Gasteiger partial charge in [0.25, 0.3) is 0 Å². The van der Waals surface area contributed by atoms with Crippen LogP contribution in [-0.4, -0.2) is 35.3 Å². The van der Waals surface area contributed by atoms with Crippen molar-refractivity contribution in [1.82, 2.24) is 10.3 Å². The summed E-state index contributed by atoms with van der Waals surface area (Å²) in [6, 6.07) is 8.87. The van der Waals surface area contributed by atoms with Crippen LogP contribution in [0.5, 0.6) is 11.6 Å². The summed E-state index contributed by atoms with van der Waals surface area (Å²) in [5.74, 6) is -0.693. The van der Waals surface area contributed by atoms with E-state index < -0.39 is 17.9 Å². The standard InChI is InChI=1S/C19H23N5O4/c1-11(2)17(20)19(27)23-10-15(25)24-13-6-7-16(22-9-13)28-14-5-3-4-12(8-14)18(21)26/h3-9,11,17H,10,20H2,1-2H3,(H2,21,26)(H,23,27)(H,24,25)/t17-/m0/s1. The molecular weight excluding hydrogens is 362 g/mol. The minimum absolute atomic E-state index is 0.0246. The van der Waals surface area contributed by atoms with Crippen LogP contribution in [0.25, 0.3) is 0 Å². The van der Waals surface area contributed by atoms with Crippen molar-refractivity contribution in [2.75, 3.05) is 11.9 Å². The van der Waals surface area contributed by atoms with Crippen LogP contribution in [0.2, 0.25) is 0 Å². The first kappa shape index (κ1) is 20.8. The van der Waals surface area contributed by atoms with E-state index in [1.165, 1.54) is 12.3 Å². The second-order valence-electron chi connectivity index (χ2n) is 6.42. The number of carbonyl (C=O) groups is 3. The highest BCUT2D eigenvalue weighted by atomic mass is 16.5. The topological polar surface area (TPSA) is 149 Å². The molecular formula is C19H23N5O4. The molecule has 0 unspecified atom stereocenters. The number of pyridine rings is 1. The lowest BCUT2D eigenvalue weighted by Crippen LogP contribution is -2.46. The van der Waals surface area contributed by atoms with Gasteiger partial charge in [-0.25, -0.2) is 4.98 Å². The van der Waals surface area contributed by atoms with Gasteiger partial charge >= 0.3 is 0 Å². The third-order valence-corrected chi connectivity index (χ3v) is 3.81. The summed E-state index contributed by atoms with van der Waals surface area (Å²) < 4.78 is 5.55. The molecule has 9 heteroatoms. The van der Waals surface area contributed by atoms with Gasteiger partial charge in [0.15, 0.2) is 0 Å². The highest BCUT2D eigenvalue weighted by molar-refractivity contribution is 5.95. The van der Waals surface area contributed by atoms with Gasteiger partial charge in [0.05, 0.1) is 24.5 Å². The molecule has 0 aliphatic heterocycles. The molecule has 0 radical (unpaired) electrons. The maximum absolute atomic E-state index is 11.9. The first-order valence-electron chi connectivity index (χ1n) is 8.63. The third-order valence-electron chi connectivity index (χ3n) is 3.81. The smallest absolute Gasteiger partial charge is 0.248 e. The third kappa shape index (κ3) is 6.06. The Balaban J connectivity index is 1.88. The van der Waals surface area contributed by atoms with Crippen LogP contribution in [-0.2, 0) is 9.59 Å². The van der Waals surface area contributed by atoms with E-state index in [4.69, 9.17) is 16.2 Å². The molecule has 28 heavy (non-hydrogen) atoms. The maximum atomic E-state index is 11.9. The Kier molecular flexibility index (Phi) is 7.05. The van der Waals surface area contributed by atoms with Crippen LogP contribution in [0.15, 0.2) is 42.6 Å². The van der Waals surface area contributed by atoms with Gasteiger partial charge in [0.1, 0.15) is 5.75 Å². The second kappa shape index (κ2) is 9.47. The summed E-state index contributed by atoms with van der Waals surface area (Å²) in [6.45, 7) is 3.45. The number of anilines is 1. The quantitative estimate of drug-likeness (QED) is 0.533. The number of nitrogens with two attached hydrogens (primary N) is 2. The molecule has 0 fully saturated rings. The van der Waals surface area contributed by atoms with Gasteiger partial charge in [-0.1, -0.05) is 19.9 Å². The number of nitrogens with one attached hydrogen (secondary N) is 2. The molecule has 1 heterocycles. The zero-order chi connectivity index (χ0) is 20.7. The number of hydrogen-bond acceptors (Lipinski definition) is 6. The number of rotatable bonds is 8. The summed E-state index contributed by atoms with van der Waals surface area (Å²) in [5, 5.41) is 5.09. The molecule has 0 aliphatic carbocycles. The SMILES string of the molecule is CC(C)[C@H](N)C(=O)NCC(=O)Nc1ccc(Oc2cccc(C(N)=O)c2)nc1. The summed E-state index contributed by atoms with van der Waals surface area (Å²) in [7, 11) is 0. The van der Waals surface area contributed by atoms with Crippen molar-refractivity contribution in [3.63, 3.8) is 0 Å². The molecule has 0 spiro atoms. The highest BCUT2D eigenvalue weighted by Crippen LogP contribution is 2.21. The zero-order valence-electron chi connectivity index (χ0n) is 15.6.